The SMILES string of the molecule is COCOc1cc(C)ccc1Cl. The average molecular weight is 187 g/mol. The maximum atomic E-state index is 5.85. The van der Waals surface area contributed by atoms with Crippen molar-refractivity contribution in [2.24, 2.45) is 0 Å². The van der Waals surface area contributed by atoms with Crippen molar-refractivity contribution in [1.82, 2.24) is 0 Å². The molecule has 66 valence electrons. The van der Waals surface area contributed by atoms with Crippen molar-refractivity contribution in [2.75, 3.05) is 13.9 Å². The fraction of sp³-hybridized carbons (Fsp3) is 0.333. The maximum absolute atomic E-state index is 5.85. The third kappa shape index (κ3) is 2.40. The average Bonchev–Trinajstić information content (AvgIpc) is 2.07. The van der Waals surface area contributed by atoms with Crippen LogP contribution in [-0.4, -0.2) is 13.9 Å². The minimum absolute atomic E-state index is 0.225. The standard InChI is InChI=1S/C9H11ClO2/c1-7-3-4-8(10)9(5-7)12-6-11-2/h3-5H,6H2,1-2H3. The summed E-state index contributed by atoms with van der Waals surface area (Å²) in [5, 5.41) is 0.609. The second-order valence-corrected chi connectivity index (χ2v) is 2.89. The van der Waals surface area contributed by atoms with Crippen LogP contribution in [0.25, 0.3) is 0 Å². The fourth-order valence-corrected chi connectivity index (χ4v) is 1.02. The van der Waals surface area contributed by atoms with Crippen molar-refractivity contribution >= 4 is 11.6 Å². The number of hydrogen-bond donors (Lipinski definition) is 0. The zero-order valence-electron chi connectivity index (χ0n) is 7.13. The Bertz CT molecular complexity index is 261. The lowest BCUT2D eigenvalue weighted by Gasteiger charge is -2.06. The Hall–Kier alpha value is -0.730. The van der Waals surface area contributed by atoms with Crippen LogP contribution >= 0.6 is 11.6 Å². The maximum Gasteiger partial charge on any atom is 0.188 e. The Labute approximate surface area is 77.1 Å². The van der Waals surface area contributed by atoms with Crippen LogP contribution in [-0.2, 0) is 4.74 Å². The fourth-order valence-electron chi connectivity index (χ4n) is 0.844. The normalized spacial score (nSPS) is 9.92. The number of ether oxygens (including phenoxy) is 2. The van der Waals surface area contributed by atoms with E-state index in [0.29, 0.717) is 10.8 Å². The highest BCUT2D eigenvalue weighted by Gasteiger charge is 1.99. The summed E-state index contributed by atoms with van der Waals surface area (Å²) in [6.45, 7) is 2.21. The number of hydrogen-bond acceptors (Lipinski definition) is 2. The molecule has 0 heterocycles. The molecule has 1 aromatic carbocycles. The molecule has 3 heteroatoms. The summed E-state index contributed by atoms with van der Waals surface area (Å²) in [6, 6.07) is 5.62. The Balaban J connectivity index is 2.75. The number of benzene rings is 1. The molecule has 0 bridgehead atoms. The van der Waals surface area contributed by atoms with Gasteiger partial charge >= 0.3 is 0 Å². The smallest absolute Gasteiger partial charge is 0.188 e. The van der Waals surface area contributed by atoms with Crippen LogP contribution in [0, 0.1) is 6.92 Å². The van der Waals surface area contributed by atoms with E-state index < -0.39 is 0 Å². The Kier molecular flexibility index (Phi) is 3.38. The van der Waals surface area contributed by atoms with Crippen LogP contribution in [0.4, 0.5) is 0 Å². The summed E-state index contributed by atoms with van der Waals surface area (Å²) < 4.78 is 9.97. The summed E-state index contributed by atoms with van der Waals surface area (Å²) in [4.78, 5) is 0. The first-order valence-electron chi connectivity index (χ1n) is 3.62. The van der Waals surface area contributed by atoms with Crippen LogP contribution in [0.5, 0.6) is 5.75 Å². The molecule has 2 nitrogen and oxygen atoms in total. The first kappa shape index (κ1) is 9.36. The van der Waals surface area contributed by atoms with Gasteiger partial charge < -0.3 is 9.47 Å². The molecule has 0 aliphatic carbocycles. The molecule has 0 fully saturated rings. The molecule has 0 aliphatic heterocycles. The summed E-state index contributed by atoms with van der Waals surface area (Å²) in [7, 11) is 1.57. The molecule has 1 aromatic rings. The van der Waals surface area contributed by atoms with Gasteiger partial charge in [0.25, 0.3) is 0 Å². The summed E-state index contributed by atoms with van der Waals surface area (Å²) in [5.41, 5.74) is 1.12. The van der Waals surface area contributed by atoms with Crippen LogP contribution in [0.15, 0.2) is 18.2 Å². The lowest BCUT2D eigenvalue weighted by molar-refractivity contribution is 0.0511. The van der Waals surface area contributed by atoms with Gasteiger partial charge in [0.05, 0.1) is 5.02 Å². The van der Waals surface area contributed by atoms with Crippen molar-refractivity contribution in [3.05, 3.63) is 28.8 Å². The van der Waals surface area contributed by atoms with E-state index in [9.17, 15) is 0 Å². The van der Waals surface area contributed by atoms with E-state index in [2.05, 4.69) is 0 Å². The highest BCUT2D eigenvalue weighted by Crippen LogP contribution is 2.24. The van der Waals surface area contributed by atoms with Gasteiger partial charge in [0.15, 0.2) is 6.79 Å². The van der Waals surface area contributed by atoms with Crippen molar-refractivity contribution in [3.8, 4) is 5.75 Å². The van der Waals surface area contributed by atoms with Crippen molar-refractivity contribution in [1.29, 1.82) is 0 Å². The molecule has 0 amide bonds. The lowest BCUT2D eigenvalue weighted by Crippen LogP contribution is -1.99. The zero-order chi connectivity index (χ0) is 8.97. The predicted molar refractivity (Wildman–Crippen MR) is 48.7 cm³/mol. The van der Waals surface area contributed by atoms with Gasteiger partial charge in [-0.3, -0.25) is 0 Å². The predicted octanol–water partition coefficient (Wildman–Crippen LogP) is 2.63. The van der Waals surface area contributed by atoms with Gasteiger partial charge in [-0.15, -0.1) is 0 Å². The minimum Gasteiger partial charge on any atom is -0.466 e. The van der Waals surface area contributed by atoms with Crippen molar-refractivity contribution in [3.63, 3.8) is 0 Å². The minimum atomic E-state index is 0.225. The number of aryl methyl sites for hydroxylation is 1. The summed E-state index contributed by atoms with van der Waals surface area (Å²) >= 11 is 5.85. The second kappa shape index (κ2) is 4.33. The molecular formula is C9H11ClO2. The van der Waals surface area contributed by atoms with Gasteiger partial charge in [0.1, 0.15) is 5.75 Å². The number of halogens is 1. The highest BCUT2D eigenvalue weighted by atomic mass is 35.5. The van der Waals surface area contributed by atoms with Gasteiger partial charge in [0, 0.05) is 7.11 Å². The van der Waals surface area contributed by atoms with Crippen molar-refractivity contribution in [2.45, 2.75) is 6.92 Å². The van der Waals surface area contributed by atoms with Crippen LogP contribution in [0.2, 0.25) is 5.02 Å². The topological polar surface area (TPSA) is 18.5 Å². The van der Waals surface area contributed by atoms with E-state index in [4.69, 9.17) is 21.1 Å². The third-order valence-electron chi connectivity index (χ3n) is 1.42. The summed E-state index contributed by atoms with van der Waals surface area (Å²) in [5.74, 6) is 0.665. The second-order valence-electron chi connectivity index (χ2n) is 2.48. The van der Waals surface area contributed by atoms with E-state index in [1.807, 2.05) is 25.1 Å². The van der Waals surface area contributed by atoms with Crippen LogP contribution in [0.3, 0.4) is 0 Å². The Morgan fingerprint density at radius 3 is 2.83 bits per heavy atom. The van der Waals surface area contributed by atoms with Gasteiger partial charge in [-0.2, -0.15) is 0 Å². The quantitative estimate of drug-likeness (QED) is 0.676. The monoisotopic (exact) mass is 186 g/mol. The first-order valence-corrected chi connectivity index (χ1v) is 3.99. The third-order valence-corrected chi connectivity index (χ3v) is 1.73. The van der Waals surface area contributed by atoms with E-state index in [0.717, 1.165) is 5.56 Å². The Morgan fingerprint density at radius 2 is 2.17 bits per heavy atom. The molecule has 12 heavy (non-hydrogen) atoms. The molecule has 0 aliphatic rings. The van der Waals surface area contributed by atoms with Gasteiger partial charge in [-0.05, 0) is 24.6 Å². The van der Waals surface area contributed by atoms with Gasteiger partial charge in [0.2, 0.25) is 0 Å². The number of methoxy groups -OCH3 is 1. The zero-order valence-corrected chi connectivity index (χ0v) is 7.89. The molecule has 0 N–H and O–H groups in total. The first-order chi connectivity index (χ1) is 5.74. The van der Waals surface area contributed by atoms with Crippen LogP contribution < -0.4 is 4.74 Å². The molecule has 0 aromatic heterocycles. The summed E-state index contributed by atoms with van der Waals surface area (Å²) in [6.07, 6.45) is 0. The molecule has 0 saturated carbocycles. The van der Waals surface area contributed by atoms with E-state index in [-0.39, 0.29) is 6.79 Å². The number of rotatable bonds is 3. The molecular weight excluding hydrogens is 176 g/mol. The lowest BCUT2D eigenvalue weighted by atomic mass is 10.2. The Morgan fingerprint density at radius 1 is 1.42 bits per heavy atom. The molecule has 1 rings (SSSR count). The molecule has 0 radical (unpaired) electrons. The molecule has 0 saturated heterocycles. The molecule has 0 spiro atoms. The van der Waals surface area contributed by atoms with E-state index in [1.54, 1.807) is 7.11 Å². The van der Waals surface area contributed by atoms with Gasteiger partial charge in [-0.25, -0.2) is 0 Å². The van der Waals surface area contributed by atoms with Gasteiger partial charge in [-0.1, -0.05) is 17.7 Å². The van der Waals surface area contributed by atoms with E-state index in [1.165, 1.54) is 0 Å². The molecule has 0 atom stereocenters. The molecule has 0 unspecified atom stereocenters. The van der Waals surface area contributed by atoms with E-state index >= 15 is 0 Å². The van der Waals surface area contributed by atoms with Crippen LogP contribution in [0.1, 0.15) is 5.56 Å². The van der Waals surface area contributed by atoms with Crippen molar-refractivity contribution < 1.29 is 9.47 Å². The largest absolute Gasteiger partial charge is 0.466 e. The highest BCUT2D eigenvalue weighted by molar-refractivity contribution is 6.32.